The van der Waals surface area contributed by atoms with E-state index < -0.39 is 0 Å². The Hall–Kier alpha value is -1.82. The summed E-state index contributed by atoms with van der Waals surface area (Å²) in [6, 6.07) is 8.11. The Bertz CT molecular complexity index is 553. The Morgan fingerprint density at radius 3 is 2.75 bits per heavy atom. The molecule has 2 heterocycles. The van der Waals surface area contributed by atoms with E-state index in [0.29, 0.717) is 6.42 Å². The molecule has 0 spiro atoms. The fourth-order valence-electron chi connectivity index (χ4n) is 1.89. The Labute approximate surface area is 95.4 Å². The van der Waals surface area contributed by atoms with Gasteiger partial charge in [-0.15, -0.1) is 0 Å². The molecule has 2 aromatic rings. The van der Waals surface area contributed by atoms with Crippen LogP contribution in [0.15, 0.2) is 24.4 Å². The maximum absolute atomic E-state index is 8.90. The van der Waals surface area contributed by atoms with Crippen molar-refractivity contribution in [3.63, 3.8) is 0 Å². The molecule has 3 heteroatoms. The number of hydrogen-bond donors (Lipinski definition) is 0. The lowest BCUT2D eigenvalue weighted by Gasteiger charge is -2.16. The van der Waals surface area contributed by atoms with Gasteiger partial charge in [0.1, 0.15) is 5.65 Å². The SMILES string of the molecule is CC(C)(C)c1nc2ccccn2c1CC#N. The minimum absolute atomic E-state index is 0.0296. The second-order valence-electron chi connectivity index (χ2n) is 4.92. The molecule has 16 heavy (non-hydrogen) atoms. The summed E-state index contributed by atoms with van der Waals surface area (Å²) in [5.41, 5.74) is 2.90. The van der Waals surface area contributed by atoms with Gasteiger partial charge in [-0.05, 0) is 12.1 Å². The van der Waals surface area contributed by atoms with Crippen molar-refractivity contribution >= 4 is 5.65 Å². The summed E-state index contributed by atoms with van der Waals surface area (Å²) in [5.74, 6) is 0. The molecular formula is C13H15N3. The van der Waals surface area contributed by atoms with Gasteiger partial charge in [-0.2, -0.15) is 5.26 Å². The molecule has 0 atom stereocenters. The van der Waals surface area contributed by atoms with Crippen molar-refractivity contribution in [2.24, 2.45) is 0 Å². The molecule has 2 rings (SSSR count). The topological polar surface area (TPSA) is 41.1 Å². The summed E-state index contributed by atoms with van der Waals surface area (Å²) < 4.78 is 2.00. The number of imidazole rings is 1. The summed E-state index contributed by atoms with van der Waals surface area (Å²) in [6.07, 6.45) is 2.36. The molecule has 0 fully saturated rings. The van der Waals surface area contributed by atoms with Crippen LogP contribution in [-0.2, 0) is 11.8 Å². The molecule has 82 valence electrons. The first-order valence-corrected chi connectivity index (χ1v) is 5.37. The van der Waals surface area contributed by atoms with Gasteiger partial charge in [-0.25, -0.2) is 4.98 Å². The van der Waals surface area contributed by atoms with Crippen LogP contribution in [0.2, 0.25) is 0 Å². The molecule has 0 aromatic carbocycles. The first-order valence-electron chi connectivity index (χ1n) is 5.37. The fraction of sp³-hybridized carbons (Fsp3) is 0.385. The van der Waals surface area contributed by atoms with E-state index >= 15 is 0 Å². The first kappa shape index (κ1) is 10.7. The lowest BCUT2D eigenvalue weighted by Crippen LogP contribution is -2.14. The van der Waals surface area contributed by atoms with Crippen molar-refractivity contribution in [2.75, 3.05) is 0 Å². The molecule has 0 aliphatic carbocycles. The standard InChI is InChI=1S/C13H15N3/c1-13(2,3)12-10(7-8-14)16-9-5-4-6-11(16)15-12/h4-6,9H,7H2,1-3H3. The number of aromatic nitrogens is 2. The zero-order chi connectivity index (χ0) is 11.8. The maximum Gasteiger partial charge on any atom is 0.137 e. The number of fused-ring (bicyclic) bond motifs is 1. The van der Waals surface area contributed by atoms with Crippen LogP contribution in [0.25, 0.3) is 5.65 Å². The number of rotatable bonds is 1. The van der Waals surface area contributed by atoms with Crippen molar-refractivity contribution in [3.05, 3.63) is 35.8 Å². The predicted octanol–water partition coefficient (Wildman–Crippen LogP) is 2.70. The third kappa shape index (κ3) is 1.67. The van der Waals surface area contributed by atoms with Crippen molar-refractivity contribution in [3.8, 4) is 6.07 Å². The van der Waals surface area contributed by atoms with Crippen LogP contribution < -0.4 is 0 Å². The number of nitrogens with zero attached hydrogens (tertiary/aromatic N) is 3. The van der Waals surface area contributed by atoms with Gasteiger partial charge in [0, 0.05) is 11.6 Å². The van der Waals surface area contributed by atoms with E-state index in [1.807, 2.05) is 28.8 Å². The van der Waals surface area contributed by atoms with Gasteiger partial charge in [-0.1, -0.05) is 26.8 Å². The van der Waals surface area contributed by atoms with Gasteiger partial charge >= 0.3 is 0 Å². The van der Waals surface area contributed by atoms with E-state index in [2.05, 4.69) is 31.8 Å². The van der Waals surface area contributed by atoms with Gasteiger partial charge in [0.15, 0.2) is 0 Å². The summed E-state index contributed by atoms with van der Waals surface area (Å²) in [5, 5.41) is 8.90. The lowest BCUT2D eigenvalue weighted by atomic mass is 9.90. The second kappa shape index (κ2) is 3.64. The minimum atomic E-state index is -0.0296. The third-order valence-electron chi connectivity index (χ3n) is 2.59. The zero-order valence-corrected chi connectivity index (χ0v) is 9.86. The maximum atomic E-state index is 8.90. The molecule has 2 aromatic heterocycles. The molecule has 3 nitrogen and oxygen atoms in total. The van der Waals surface area contributed by atoms with E-state index in [1.165, 1.54) is 0 Å². The van der Waals surface area contributed by atoms with E-state index in [-0.39, 0.29) is 5.41 Å². The molecule has 0 saturated heterocycles. The Morgan fingerprint density at radius 2 is 2.12 bits per heavy atom. The van der Waals surface area contributed by atoms with E-state index in [4.69, 9.17) is 5.26 Å². The van der Waals surface area contributed by atoms with Crippen LogP contribution in [0.3, 0.4) is 0 Å². The monoisotopic (exact) mass is 213 g/mol. The Balaban J connectivity index is 2.74. The second-order valence-corrected chi connectivity index (χ2v) is 4.92. The van der Waals surface area contributed by atoms with Crippen LogP contribution in [0, 0.1) is 11.3 Å². The molecule has 0 unspecified atom stereocenters. The minimum Gasteiger partial charge on any atom is -0.303 e. The van der Waals surface area contributed by atoms with Crippen LogP contribution in [-0.4, -0.2) is 9.38 Å². The summed E-state index contributed by atoms with van der Waals surface area (Å²) >= 11 is 0. The van der Waals surface area contributed by atoms with Crippen LogP contribution in [0.4, 0.5) is 0 Å². The summed E-state index contributed by atoms with van der Waals surface area (Å²) in [6.45, 7) is 6.36. The van der Waals surface area contributed by atoms with Gasteiger partial charge < -0.3 is 4.40 Å². The third-order valence-corrected chi connectivity index (χ3v) is 2.59. The number of nitriles is 1. The first-order chi connectivity index (χ1) is 7.54. The highest BCUT2D eigenvalue weighted by atomic mass is 15.0. The normalized spacial score (nSPS) is 11.6. The van der Waals surface area contributed by atoms with Crippen LogP contribution in [0.1, 0.15) is 32.2 Å². The van der Waals surface area contributed by atoms with Crippen LogP contribution in [0.5, 0.6) is 0 Å². The molecule has 0 bridgehead atoms. The van der Waals surface area contributed by atoms with Gasteiger partial charge in [0.05, 0.1) is 23.9 Å². The van der Waals surface area contributed by atoms with Crippen molar-refractivity contribution in [1.29, 1.82) is 5.26 Å². The fourth-order valence-corrected chi connectivity index (χ4v) is 1.89. The highest BCUT2D eigenvalue weighted by Crippen LogP contribution is 2.26. The quantitative estimate of drug-likeness (QED) is 0.730. The van der Waals surface area contributed by atoms with Crippen LogP contribution >= 0.6 is 0 Å². The molecule has 0 saturated carbocycles. The van der Waals surface area contributed by atoms with Crippen molar-refractivity contribution in [2.45, 2.75) is 32.6 Å². The number of pyridine rings is 1. The molecule has 0 aliphatic rings. The van der Waals surface area contributed by atoms with Gasteiger partial charge in [0.25, 0.3) is 0 Å². The molecule has 0 aliphatic heterocycles. The van der Waals surface area contributed by atoms with Crippen molar-refractivity contribution in [1.82, 2.24) is 9.38 Å². The zero-order valence-electron chi connectivity index (χ0n) is 9.86. The van der Waals surface area contributed by atoms with Gasteiger partial charge in [-0.3, -0.25) is 0 Å². The highest BCUT2D eigenvalue weighted by molar-refractivity contribution is 5.45. The summed E-state index contributed by atoms with van der Waals surface area (Å²) in [7, 11) is 0. The van der Waals surface area contributed by atoms with Gasteiger partial charge in [0.2, 0.25) is 0 Å². The molecule has 0 radical (unpaired) electrons. The smallest absolute Gasteiger partial charge is 0.137 e. The molecular weight excluding hydrogens is 198 g/mol. The largest absolute Gasteiger partial charge is 0.303 e. The average molecular weight is 213 g/mol. The van der Waals surface area contributed by atoms with E-state index in [9.17, 15) is 0 Å². The molecule has 0 amide bonds. The number of hydrogen-bond acceptors (Lipinski definition) is 2. The summed E-state index contributed by atoms with van der Waals surface area (Å²) in [4.78, 5) is 4.61. The Kier molecular flexibility index (Phi) is 2.43. The predicted molar refractivity (Wildman–Crippen MR) is 63.2 cm³/mol. The lowest BCUT2D eigenvalue weighted by molar-refractivity contribution is 0.566. The van der Waals surface area contributed by atoms with Crippen molar-refractivity contribution < 1.29 is 0 Å². The van der Waals surface area contributed by atoms with E-state index in [0.717, 1.165) is 17.0 Å². The highest BCUT2D eigenvalue weighted by Gasteiger charge is 2.23. The molecule has 0 N–H and O–H groups in total. The average Bonchev–Trinajstić information content (AvgIpc) is 2.58. The Morgan fingerprint density at radius 1 is 1.38 bits per heavy atom. The van der Waals surface area contributed by atoms with E-state index in [1.54, 1.807) is 0 Å².